The molecule has 0 aliphatic heterocycles. The maximum absolute atomic E-state index is 12.2. The molecule has 2 heterocycles. The van der Waals surface area contributed by atoms with Crippen molar-refractivity contribution in [3.63, 3.8) is 0 Å². The maximum Gasteiger partial charge on any atom is 0.332 e. The molecule has 0 unspecified atom stereocenters. The number of nitrogens with zero attached hydrogens (tertiary/aromatic N) is 4. The van der Waals surface area contributed by atoms with Crippen LogP contribution in [0, 0.1) is 17.0 Å². The molecule has 0 aliphatic carbocycles. The first-order chi connectivity index (χ1) is 11.8. The van der Waals surface area contributed by atoms with Crippen LogP contribution in [0.5, 0.6) is 0 Å². The Labute approximate surface area is 141 Å². The minimum Gasteiger partial charge on any atom is -0.334 e. The lowest BCUT2D eigenvalue weighted by Gasteiger charge is -2.10. The molecule has 0 saturated heterocycles. The molecule has 0 aliphatic rings. The summed E-state index contributed by atoms with van der Waals surface area (Å²) in [5.74, 6) is -0.0374. The van der Waals surface area contributed by atoms with E-state index in [1.54, 1.807) is 12.1 Å². The third-order valence-electron chi connectivity index (χ3n) is 3.92. The fourth-order valence-corrected chi connectivity index (χ4v) is 2.49. The van der Waals surface area contributed by atoms with Crippen LogP contribution in [0.2, 0.25) is 0 Å². The Morgan fingerprint density at radius 1 is 1.12 bits per heavy atom. The van der Waals surface area contributed by atoms with Gasteiger partial charge in [-0.1, -0.05) is 17.7 Å². The number of nitrogens with one attached hydrogen (secondary N) is 1. The molecule has 0 radical (unpaired) electrons. The van der Waals surface area contributed by atoms with Crippen molar-refractivity contribution in [2.75, 3.05) is 5.32 Å². The zero-order valence-electron chi connectivity index (χ0n) is 13.8. The number of anilines is 2. The first kappa shape index (κ1) is 16.4. The van der Waals surface area contributed by atoms with Crippen molar-refractivity contribution in [1.29, 1.82) is 0 Å². The van der Waals surface area contributed by atoms with Crippen molar-refractivity contribution < 1.29 is 4.92 Å². The number of aryl methyl sites for hydroxylation is 2. The molecule has 1 aromatic carbocycles. The summed E-state index contributed by atoms with van der Waals surface area (Å²) in [6.45, 7) is 1.92. The van der Waals surface area contributed by atoms with Crippen molar-refractivity contribution in [3.05, 3.63) is 66.8 Å². The zero-order valence-corrected chi connectivity index (χ0v) is 13.8. The second-order valence-electron chi connectivity index (χ2n) is 5.68. The summed E-state index contributed by atoms with van der Waals surface area (Å²) in [5, 5.41) is 14.3. The molecule has 0 amide bonds. The van der Waals surface area contributed by atoms with Gasteiger partial charge in [-0.05, 0) is 19.1 Å². The molecule has 0 fully saturated rings. The van der Waals surface area contributed by atoms with E-state index >= 15 is 0 Å². The second-order valence-corrected chi connectivity index (χ2v) is 5.68. The van der Waals surface area contributed by atoms with Crippen LogP contribution in [0.15, 0.2) is 39.9 Å². The van der Waals surface area contributed by atoms with Gasteiger partial charge in [-0.2, -0.15) is 0 Å². The first-order valence-electron chi connectivity index (χ1n) is 7.38. The molecule has 3 rings (SSSR count). The number of hydrogen-bond acceptors (Lipinski definition) is 6. The average molecular weight is 341 g/mol. The van der Waals surface area contributed by atoms with Crippen molar-refractivity contribution in [3.8, 4) is 0 Å². The van der Waals surface area contributed by atoms with Crippen LogP contribution in [-0.2, 0) is 14.1 Å². The average Bonchev–Trinajstić information content (AvgIpc) is 2.59. The summed E-state index contributed by atoms with van der Waals surface area (Å²) in [7, 11) is 2.77. The zero-order chi connectivity index (χ0) is 18.3. The predicted molar refractivity (Wildman–Crippen MR) is 93.3 cm³/mol. The molecular formula is C16H15N5O4. The van der Waals surface area contributed by atoms with Crippen molar-refractivity contribution in [2.24, 2.45) is 14.1 Å². The van der Waals surface area contributed by atoms with Crippen LogP contribution >= 0.6 is 0 Å². The van der Waals surface area contributed by atoms with Gasteiger partial charge >= 0.3 is 11.4 Å². The van der Waals surface area contributed by atoms with Crippen molar-refractivity contribution in [2.45, 2.75) is 6.92 Å². The lowest BCUT2D eigenvalue weighted by molar-refractivity contribution is -0.384. The van der Waals surface area contributed by atoms with Crippen LogP contribution < -0.4 is 16.6 Å². The van der Waals surface area contributed by atoms with E-state index in [1.165, 1.54) is 18.7 Å². The topological polar surface area (TPSA) is 112 Å². The Kier molecular flexibility index (Phi) is 3.84. The highest BCUT2D eigenvalue weighted by Gasteiger charge is 2.21. The standard InChI is InChI=1S/C16H15N5O4/c1-9-4-6-10(7-5-9)17-13-12(21(24)25)8-11-14(18-13)19(2)16(23)20(3)15(11)22/h4-8H,1-3H3,(H,17,18). The van der Waals surface area contributed by atoms with E-state index < -0.39 is 16.2 Å². The predicted octanol–water partition coefficient (Wildman–Crippen LogP) is 1.59. The van der Waals surface area contributed by atoms with E-state index in [1.807, 2.05) is 19.1 Å². The third kappa shape index (κ3) is 2.75. The fourth-order valence-electron chi connectivity index (χ4n) is 2.49. The minimum atomic E-state index is -0.629. The van der Waals surface area contributed by atoms with Gasteiger partial charge in [0.1, 0.15) is 0 Å². The number of rotatable bonds is 3. The smallest absolute Gasteiger partial charge is 0.332 e. The van der Waals surface area contributed by atoms with E-state index in [-0.39, 0.29) is 22.5 Å². The third-order valence-corrected chi connectivity index (χ3v) is 3.92. The summed E-state index contributed by atoms with van der Waals surface area (Å²) >= 11 is 0. The quantitative estimate of drug-likeness (QED) is 0.572. The number of fused-ring (bicyclic) bond motifs is 1. The van der Waals surface area contributed by atoms with Gasteiger partial charge in [0.05, 0.1) is 10.3 Å². The highest BCUT2D eigenvalue weighted by Crippen LogP contribution is 2.28. The Morgan fingerprint density at radius 3 is 2.36 bits per heavy atom. The van der Waals surface area contributed by atoms with Gasteiger partial charge in [0.2, 0.25) is 5.82 Å². The number of benzene rings is 1. The van der Waals surface area contributed by atoms with E-state index in [4.69, 9.17) is 0 Å². The summed E-state index contributed by atoms with van der Waals surface area (Å²) in [6.07, 6.45) is 0. The SMILES string of the molecule is Cc1ccc(Nc2nc3c(cc2[N+](=O)[O-])c(=O)n(C)c(=O)n3C)cc1. The van der Waals surface area contributed by atoms with Crippen molar-refractivity contribution in [1.82, 2.24) is 14.1 Å². The Hall–Kier alpha value is -3.49. The van der Waals surface area contributed by atoms with Crippen LogP contribution in [0.25, 0.3) is 11.0 Å². The number of nitro groups is 1. The number of pyridine rings is 1. The normalized spacial score (nSPS) is 10.8. The van der Waals surface area contributed by atoms with Crippen LogP contribution in [0.4, 0.5) is 17.2 Å². The molecule has 128 valence electrons. The summed E-state index contributed by atoms with van der Waals surface area (Å²) in [4.78, 5) is 39.3. The number of aromatic nitrogens is 3. The Bertz CT molecular complexity index is 1110. The Balaban J connectivity index is 2.29. The number of hydrogen-bond donors (Lipinski definition) is 1. The summed E-state index contributed by atoms with van der Waals surface area (Å²) < 4.78 is 2.07. The van der Waals surface area contributed by atoms with Crippen LogP contribution in [0.3, 0.4) is 0 Å². The first-order valence-corrected chi connectivity index (χ1v) is 7.38. The van der Waals surface area contributed by atoms with Crippen LogP contribution in [-0.4, -0.2) is 19.0 Å². The highest BCUT2D eigenvalue weighted by molar-refractivity contribution is 5.82. The molecular weight excluding hydrogens is 326 g/mol. The molecule has 1 N–H and O–H groups in total. The molecule has 0 bridgehead atoms. The van der Waals surface area contributed by atoms with Crippen LogP contribution in [0.1, 0.15) is 5.56 Å². The minimum absolute atomic E-state index is 0.00533. The van der Waals surface area contributed by atoms with E-state index in [9.17, 15) is 19.7 Å². The Morgan fingerprint density at radius 2 is 1.76 bits per heavy atom. The molecule has 0 atom stereocenters. The van der Waals surface area contributed by atoms with Gasteiger partial charge in [-0.15, -0.1) is 0 Å². The lowest BCUT2D eigenvalue weighted by atomic mass is 10.2. The lowest BCUT2D eigenvalue weighted by Crippen LogP contribution is -2.37. The van der Waals surface area contributed by atoms with Gasteiger partial charge in [-0.25, -0.2) is 9.78 Å². The molecule has 0 saturated carbocycles. The highest BCUT2D eigenvalue weighted by atomic mass is 16.6. The molecule has 2 aromatic heterocycles. The van der Waals surface area contributed by atoms with E-state index in [0.29, 0.717) is 5.69 Å². The maximum atomic E-state index is 12.2. The summed E-state index contributed by atoms with van der Waals surface area (Å²) in [6, 6.07) is 8.35. The van der Waals surface area contributed by atoms with Gasteiger partial charge in [0.25, 0.3) is 5.56 Å². The van der Waals surface area contributed by atoms with Crippen molar-refractivity contribution >= 4 is 28.2 Å². The monoisotopic (exact) mass is 341 g/mol. The van der Waals surface area contributed by atoms with Gasteiger partial charge in [-0.3, -0.25) is 24.0 Å². The molecule has 0 spiro atoms. The largest absolute Gasteiger partial charge is 0.334 e. The molecule has 25 heavy (non-hydrogen) atoms. The van der Waals surface area contributed by atoms with E-state index in [0.717, 1.165) is 16.2 Å². The second kappa shape index (κ2) is 5.86. The van der Waals surface area contributed by atoms with Gasteiger partial charge < -0.3 is 5.32 Å². The summed E-state index contributed by atoms with van der Waals surface area (Å²) in [5.41, 5.74) is 0.194. The fraction of sp³-hybridized carbons (Fsp3) is 0.188. The van der Waals surface area contributed by atoms with Gasteiger partial charge in [0, 0.05) is 25.8 Å². The molecule has 9 nitrogen and oxygen atoms in total. The molecule has 3 aromatic rings. The molecule has 9 heteroatoms. The van der Waals surface area contributed by atoms with E-state index in [2.05, 4.69) is 10.3 Å². The van der Waals surface area contributed by atoms with Gasteiger partial charge in [0.15, 0.2) is 5.65 Å².